The van der Waals surface area contributed by atoms with Gasteiger partial charge in [-0.25, -0.2) is 4.79 Å². The fourth-order valence-corrected chi connectivity index (χ4v) is 9.17. The summed E-state index contributed by atoms with van der Waals surface area (Å²) >= 11 is 0. The number of esters is 3. The van der Waals surface area contributed by atoms with Crippen molar-refractivity contribution in [2.24, 2.45) is 22.7 Å². The van der Waals surface area contributed by atoms with E-state index in [4.69, 9.17) is 28.1 Å². The zero-order valence-electron chi connectivity index (χ0n) is 31.3. The topological polar surface area (TPSA) is 119 Å². The number of ether oxygens (including phenoxy) is 5. The van der Waals surface area contributed by atoms with Crippen molar-refractivity contribution in [1.29, 1.82) is 0 Å². The van der Waals surface area contributed by atoms with Gasteiger partial charge in [0.15, 0.2) is 19.8 Å². The van der Waals surface area contributed by atoms with Crippen LogP contribution in [0.25, 0.3) is 0 Å². The highest BCUT2D eigenvalue weighted by molar-refractivity contribution is 6.74. The molecule has 1 heterocycles. The van der Waals surface area contributed by atoms with Crippen LogP contribution in [0.2, 0.25) is 18.1 Å². The first-order valence-electron chi connectivity index (χ1n) is 17.3. The van der Waals surface area contributed by atoms with E-state index in [1.165, 1.54) is 13.8 Å². The Morgan fingerprint density at radius 3 is 2.29 bits per heavy atom. The second kappa shape index (κ2) is 14.5. The highest BCUT2D eigenvalue weighted by Crippen LogP contribution is 2.63. The fraction of sp³-hybridized carbons (Fsp3) is 0.658. The number of benzene rings is 1. The maximum Gasteiger partial charge on any atom is 0.336 e. The van der Waals surface area contributed by atoms with Crippen molar-refractivity contribution >= 4 is 31.9 Å². The minimum Gasteiger partial charge on any atom is -0.493 e. The molecular formula is C38H57NO9Si. The Hall–Kier alpha value is -3.31. The van der Waals surface area contributed by atoms with Gasteiger partial charge in [0.05, 0.1) is 25.8 Å². The number of cyclic esters (lactones) is 1. The molecule has 1 aromatic carbocycles. The van der Waals surface area contributed by atoms with Gasteiger partial charge in [-0.1, -0.05) is 41.2 Å². The summed E-state index contributed by atoms with van der Waals surface area (Å²) in [5.41, 5.74) is 1.14. The number of fused-ring (bicyclic) bond motifs is 1. The average molecular weight is 700 g/mol. The maximum absolute atomic E-state index is 13.1. The van der Waals surface area contributed by atoms with Gasteiger partial charge < -0.3 is 33.4 Å². The van der Waals surface area contributed by atoms with Crippen molar-refractivity contribution in [2.75, 3.05) is 32.8 Å². The van der Waals surface area contributed by atoms with Crippen LogP contribution in [0.4, 0.5) is 5.69 Å². The molecule has 3 aliphatic rings. The lowest BCUT2D eigenvalue weighted by atomic mass is 9.45. The second-order valence-corrected chi connectivity index (χ2v) is 20.8. The van der Waals surface area contributed by atoms with Crippen LogP contribution in [-0.2, 0) is 33.0 Å². The lowest BCUT2D eigenvalue weighted by molar-refractivity contribution is -0.192. The Balaban J connectivity index is 1.80. The summed E-state index contributed by atoms with van der Waals surface area (Å²) in [4.78, 5) is 38.1. The van der Waals surface area contributed by atoms with Gasteiger partial charge in [-0.2, -0.15) is 0 Å². The van der Waals surface area contributed by atoms with Gasteiger partial charge in [-0.3, -0.25) is 9.59 Å². The molecule has 0 aromatic heterocycles. The summed E-state index contributed by atoms with van der Waals surface area (Å²) in [6.07, 6.45) is 3.28. The number of hydrogen-bond acceptors (Lipinski definition) is 10. The van der Waals surface area contributed by atoms with Crippen molar-refractivity contribution in [3.05, 3.63) is 42.0 Å². The molecule has 0 amide bonds. The third-order valence-electron chi connectivity index (χ3n) is 11.9. The molecule has 0 radical (unpaired) electrons. The minimum absolute atomic E-state index is 0.0193. The Kier molecular flexibility index (Phi) is 11.4. The molecule has 1 aromatic rings. The molecular weight excluding hydrogens is 643 g/mol. The molecule has 0 unspecified atom stereocenters. The Labute approximate surface area is 293 Å². The largest absolute Gasteiger partial charge is 0.493 e. The molecule has 4 rings (SSSR count). The number of carbonyl (C=O) groups excluding carboxylic acids is 3. The van der Waals surface area contributed by atoms with E-state index >= 15 is 0 Å². The first-order valence-corrected chi connectivity index (χ1v) is 20.2. The third-order valence-corrected chi connectivity index (χ3v) is 16.3. The van der Waals surface area contributed by atoms with E-state index in [1.807, 2.05) is 24.3 Å². The van der Waals surface area contributed by atoms with Gasteiger partial charge in [0.2, 0.25) is 0 Å². The molecule has 0 spiro atoms. The lowest BCUT2D eigenvalue weighted by Crippen LogP contribution is -2.62. The SMILES string of the molecule is C=C1[C@@H](OC(C)=O)C[C@@H]2[C@](C)(CO[Si](C)(C)C(C)(C)C)[C@H](OC(C)=O)CC[C@@]2(C)[C@@H]1C[C@@H](Nc1ccc(OC)c(OC)c1)C1=CCOC1=O. The van der Waals surface area contributed by atoms with Crippen LogP contribution in [-0.4, -0.2) is 71.9 Å². The summed E-state index contributed by atoms with van der Waals surface area (Å²) in [7, 11) is 0.961. The van der Waals surface area contributed by atoms with E-state index in [2.05, 4.69) is 59.6 Å². The summed E-state index contributed by atoms with van der Waals surface area (Å²) in [5, 5.41) is 3.57. The number of nitrogens with one attached hydrogen (secondary N) is 1. The third kappa shape index (κ3) is 7.87. The van der Waals surface area contributed by atoms with Crippen LogP contribution in [0.1, 0.15) is 74.1 Å². The van der Waals surface area contributed by atoms with Crippen LogP contribution >= 0.6 is 0 Å². The van der Waals surface area contributed by atoms with Crippen LogP contribution in [0, 0.1) is 22.7 Å². The van der Waals surface area contributed by atoms with Gasteiger partial charge in [0.25, 0.3) is 0 Å². The average Bonchev–Trinajstić information content (AvgIpc) is 3.45. The molecule has 11 heteroatoms. The van der Waals surface area contributed by atoms with E-state index in [0.29, 0.717) is 42.9 Å². The highest BCUT2D eigenvalue weighted by atomic mass is 28.4. The molecule has 272 valence electrons. The molecule has 2 saturated carbocycles. The Morgan fingerprint density at radius 1 is 1.08 bits per heavy atom. The minimum atomic E-state index is -2.20. The Bertz CT molecular complexity index is 1470. The van der Waals surface area contributed by atoms with Crippen LogP contribution < -0.4 is 14.8 Å². The van der Waals surface area contributed by atoms with Crippen LogP contribution in [0.3, 0.4) is 0 Å². The first kappa shape index (κ1) is 38.5. The number of carbonyl (C=O) groups is 3. The standard InChI is InChI=1S/C38H57NO9Si/c1-23-28(20-29(27-16-18-45-35(27)42)39-26-13-14-30(43-9)32(19-26)44-10)37(7)17-15-34(48-25(3)41)38(8,22-46-49(11,12)36(4,5)6)33(37)21-31(23)47-24(2)40/h13-14,16,19,28-29,31,33-34,39H,1,15,17-18,20-22H2,2-12H3/t28-,29-,31+,33+,34-,37+,38+/m1/s1. The molecule has 1 N–H and O–H groups in total. The van der Waals surface area contributed by atoms with Crippen molar-refractivity contribution < 1.29 is 42.5 Å². The molecule has 10 nitrogen and oxygen atoms in total. The van der Waals surface area contributed by atoms with Crippen molar-refractivity contribution in [1.82, 2.24) is 0 Å². The first-order chi connectivity index (χ1) is 22.8. The van der Waals surface area contributed by atoms with Crippen LogP contribution in [0.15, 0.2) is 42.0 Å². The van der Waals surface area contributed by atoms with E-state index in [-0.39, 0.29) is 52.9 Å². The summed E-state index contributed by atoms with van der Waals surface area (Å²) < 4.78 is 35.4. The summed E-state index contributed by atoms with van der Waals surface area (Å²) in [6, 6.07) is 5.09. The number of rotatable bonds is 12. The lowest BCUT2D eigenvalue weighted by Gasteiger charge is -2.62. The zero-order valence-corrected chi connectivity index (χ0v) is 32.3. The summed E-state index contributed by atoms with van der Waals surface area (Å²) in [5.74, 6) is -0.202. The van der Waals surface area contributed by atoms with Crippen molar-refractivity contribution in [3.8, 4) is 11.5 Å². The molecule has 0 bridgehead atoms. The quantitative estimate of drug-likeness (QED) is 0.104. The van der Waals surface area contributed by atoms with Gasteiger partial charge >= 0.3 is 17.9 Å². The molecule has 2 aliphatic carbocycles. The monoisotopic (exact) mass is 699 g/mol. The van der Waals surface area contributed by atoms with Gasteiger partial charge in [0.1, 0.15) is 18.8 Å². The number of hydrogen-bond donors (Lipinski definition) is 1. The molecule has 1 aliphatic heterocycles. The predicted molar refractivity (Wildman–Crippen MR) is 191 cm³/mol. The molecule has 7 atom stereocenters. The van der Waals surface area contributed by atoms with E-state index in [1.54, 1.807) is 14.2 Å². The number of methoxy groups -OCH3 is 2. The molecule has 2 fully saturated rings. The smallest absolute Gasteiger partial charge is 0.336 e. The second-order valence-electron chi connectivity index (χ2n) is 16.0. The maximum atomic E-state index is 13.1. The molecule has 0 saturated heterocycles. The highest BCUT2D eigenvalue weighted by Gasteiger charge is 2.62. The van der Waals surface area contributed by atoms with Crippen LogP contribution in [0.5, 0.6) is 11.5 Å². The van der Waals surface area contributed by atoms with E-state index in [0.717, 1.165) is 17.7 Å². The molecule has 49 heavy (non-hydrogen) atoms. The van der Waals surface area contributed by atoms with Crippen molar-refractivity contribution in [3.63, 3.8) is 0 Å². The fourth-order valence-electron chi connectivity index (χ4n) is 8.06. The predicted octanol–water partition coefficient (Wildman–Crippen LogP) is 7.24. The normalized spacial score (nSPS) is 29.2. The van der Waals surface area contributed by atoms with Gasteiger partial charge in [-0.05, 0) is 84.8 Å². The zero-order chi connectivity index (χ0) is 36.5. The van der Waals surface area contributed by atoms with Gasteiger partial charge in [0, 0.05) is 37.6 Å². The van der Waals surface area contributed by atoms with E-state index in [9.17, 15) is 14.4 Å². The van der Waals surface area contributed by atoms with Crippen molar-refractivity contribution in [2.45, 2.75) is 111 Å². The summed E-state index contributed by atoms with van der Waals surface area (Å²) in [6.45, 7) is 23.6. The number of anilines is 1. The Morgan fingerprint density at radius 2 is 1.73 bits per heavy atom. The van der Waals surface area contributed by atoms with E-state index < -0.39 is 25.9 Å². The van der Waals surface area contributed by atoms with Gasteiger partial charge in [-0.15, -0.1) is 0 Å².